The molecule has 2 saturated heterocycles. The lowest BCUT2D eigenvalue weighted by molar-refractivity contribution is -0.142. The number of rotatable bonds is 2. The normalized spacial score (nSPS) is 25.2. The predicted molar refractivity (Wildman–Crippen MR) is 97.4 cm³/mol. The van der Waals surface area contributed by atoms with Crippen LogP contribution in [0.5, 0.6) is 0 Å². The summed E-state index contributed by atoms with van der Waals surface area (Å²) >= 11 is 0. The average Bonchev–Trinajstić information content (AvgIpc) is 2.67. The van der Waals surface area contributed by atoms with Crippen molar-refractivity contribution in [3.63, 3.8) is 0 Å². The molecule has 0 radical (unpaired) electrons. The van der Waals surface area contributed by atoms with Crippen LogP contribution in [0.15, 0.2) is 42.5 Å². The number of likely N-dealkylation sites (tertiary alicyclic amines) is 1. The van der Waals surface area contributed by atoms with Gasteiger partial charge in [-0.2, -0.15) is 0 Å². The minimum atomic E-state index is -0.501. The highest BCUT2D eigenvalue weighted by Gasteiger charge is 2.34. The third-order valence-electron chi connectivity index (χ3n) is 5.67. The number of aliphatic hydroxyl groups excluding tert-OH is 1. The minimum Gasteiger partial charge on any atom is -0.391 e. The molecule has 2 atom stereocenters. The highest BCUT2D eigenvalue weighted by molar-refractivity contribution is 5.83. The lowest BCUT2D eigenvalue weighted by Crippen LogP contribution is -2.48. The summed E-state index contributed by atoms with van der Waals surface area (Å²) in [6, 6.07) is 14.7. The van der Waals surface area contributed by atoms with E-state index in [2.05, 4.69) is 30.3 Å². The zero-order valence-electron chi connectivity index (χ0n) is 14.4. The van der Waals surface area contributed by atoms with E-state index >= 15 is 0 Å². The van der Waals surface area contributed by atoms with E-state index in [9.17, 15) is 9.90 Å². The van der Waals surface area contributed by atoms with Crippen molar-refractivity contribution in [2.45, 2.75) is 31.3 Å². The number of amides is 1. The number of fused-ring (bicyclic) bond motifs is 1. The SMILES string of the molecule is O=C(C1CCOCC1)N1CC[C@@H](c2ccc3ccccc3c2)[C@H](O)C1. The lowest BCUT2D eigenvalue weighted by atomic mass is 9.85. The zero-order valence-corrected chi connectivity index (χ0v) is 14.4. The molecule has 2 aliphatic rings. The molecular weight excluding hydrogens is 314 g/mol. The van der Waals surface area contributed by atoms with Crippen LogP contribution >= 0.6 is 0 Å². The van der Waals surface area contributed by atoms with Crippen LogP contribution in [0.1, 0.15) is 30.7 Å². The Morgan fingerprint density at radius 1 is 1.04 bits per heavy atom. The summed E-state index contributed by atoms with van der Waals surface area (Å²) in [4.78, 5) is 14.5. The van der Waals surface area contributed by atoms with Crippen LogP contribution in [0.3, 0.4) is 0 Å². The van der Waals surface area contributed by atoms with Crippen LogP contribution in [-0.4, -0.2) is 48.3 Å². The molecule has 132 valence electrons. The Balaban J connectivity index is 1.46. The standard InChI is InChI=1S/C21H25NO3/c23-20-14-22(21(24)16-8-11-25-12-9-16)10-7-19(20)18-6-5-15-3-1-2-4-17(15)13-18/h1-6,13,16,19-20,23H,7-12,14H2/t19-,20+/m0/s1. The molecule has 0 unspecified atom stereocenters. The molecule has 1 amide bonds. The van der Waals surface area contributed by atoms with Crippen molar-refractivity contribution in [1.82, 2.24) is 4.90 Å². The fourth-order valence-corrected chi connectivity index (χ4v) is 4.16. The molecule has 1 N–H and O–H groups in total. The summed E-state index contributed by atoms with van der Waals surface area (Å²) in [6.07, 6.45) is 1.92. The highest BCUT2D eigenvalue weighted by Crippen LogP contribution is 2.31. The van der Waals surface area contributed by atoms with E-state index in [0.717, 1.165) is 25.8 Å². The molecule has 2 heterocycles. The number of hydrogen-bond acceptors (Lipinski definition) is 3. The smallest absolute Gasteiger partial charge is 0.225 e. The van der Waals surface area contributed by atoms with Gasteiger partial charge in [-0.3, -0.25) is 4.79 Å². The molecule has 0 bridgehead atoms. The molecule has 2 aromatic rings. The maximum Gasteiger partial charge on any atom is 0.225 e. The number of carbonyl (C=O) groups is 1. The second-order valence-corrected chi connectivity index (χ2v) is 7.24. The average molecular weight is 339 g/mol. The van der Waals surface area contributed by atoms with Gasteiger partial charge in [-0.1, -0.05) is 42.5 Å². The fourth-order valence-electron chi connectivity index (χ4n) is 4.16. The lowest BCUT2D eigenvalue weighted by Gasteiger charge is -2.38. The topological polar surface area (TPSA) is 49.8 Å². The molecule has 0 saturated carbocycles. The summed E-state index contributed by atoms with van der Waals surface area (Å²) in [7, 11) is 0. The van der Waals surface area contributed by atoms with E-state index in [1.54, 1.807) is 0 Å². The Kier molecular flexibility index (Phi) is 4.73. The number of benzene rings is 2. The Bertz CT molecular complexity index is 754. The van der Waals surface area contributed by atoms with E-state index in [1.807, 2.05) is 17.0 Å². The Morgan fingerprint density at radius 2 is 1.80 bits per heavy atom. The zero-order chi connectivity index (χ0) is 17.2. The second-order valence-electron chi connectivity index (χ2n) is 7.24. The minimum absolute atomic E-state index is 0.0677. The number of β-amino-alcohol motifs (C(OH)–C–C–N with tert-alkyl or cyclic N) is 1. The first kappa shape index (κ1) is 16.6. The Morgan fingerprint density at radius 3 is 2.56 bits per heavy atom. The highest BCUT2D eigenvalue weighted by atomic mass is 16.5. The van der Waals surface area contributed by atoms with Crippen molar-refractivity contribution in [1.29, 1.82) is 0 Å². The van der Waals surface area contributed by atoms with Crippen molar-refractivity contribution < 1.29 is 14.6 Å². The van der Waals surface area contributed by atoms with Crippen molar-refractivity contribution in [2.75, 3.05) is 26.3 Å². The van der Waals surface area contributed by atoms with Crippen LogP contribution in [0, 0.1) is 5.92 Å². The summed E-state index contributed by atoms with van der Waals surface area (Å²) in [5.74, 6) is 0.362. The van der Waals surface area contributed by atoms with Crippen LogP contribution in [0.2, 0.25) is 0 Å². The van der Waals surface area contributed by atoms with Gasteiger partial charge in [-0.15, -0.1) is 0 Å². The van der Waals surface area contributed by atoms with E-state index < -0.39 is 6.10 Å². The summed E-state index contributed by atoms with van der Waals surface area (Å²) < 4.78 is 5.35. The first-order valence-corrected chi connectivity index (χ1v) is 9.25. The number of ether oxygens (including phenoxy) is 1. The number of piperidine rings is 1. The largest absolute Gasteiger partial charge is 0.391 e. The first-order chi connectivity index (χ1) is 12.2. The quantitative estimate of drug-likeness (QED) is 0.915. The number of hydrogen-bond donors (Lipinski definition) is 1. The first-order valence-electron chi connectivity index (χ1n) is 9.25. The predicted octanol–water partition coefficient (Wildman–Crippen LogP) is 2.94. The molecule has 25 heavy (non-hydrogen) atoms. The number of nitrogens with zero attached hydrogens (tertiary/aromatic N) is 1. The van der Waals surface area contributed by atoms with Gasteiger partial charge in [-0.25, -0.2) is 0 Å². The van der Waals surface area contributed by atoms with E-state index in [1.165, 1.54) is 16.3 Å². The van der Waals surface area contributed by atoms with Crippen LogP contribution in [0.4, 0.5) is 0 Å². The summed E-state index contributed by atoms with van der Waals surface area (Å²) in [5.41, 5.74) is 1.17. The molecular formula is C21H25NO3. The van der Waals surface area contributed by atoms with Gasteiger partial charge in [0, 0.05) is 38.1 Å². The van der Waals surface area contributed by atoms with Gasteiger partial charge >= 0.3 is 0 Å². The molecule has 0 aliphatic carbocycles. The van der Waals surface area contributed by atoms with Gasteiger partial charge in [0.05, 0.1) is 6.10 Å². The third kappa shape index (κ3) is 3.42. The van der Waals surface area contributed by atoms with E-state index in [-0.39, 0.29) is 17.7 Å². The van der Waals surface area contributed by atoms with Crippen molar-refractivity contribution in [3.8, 4) is 0 Å². The second kappa shape index (κ2) is 7.14. The molecule has 4 nitrogen and oxygen atoms in total. The fraction of sp³-hybridized carbons (Fsp3) is 0.476. The molecule has 4 heteroatoms. The van der Waals surface area contributed by atoms with Crippen LogP contribution in [-0.2, 0) is 9.53 Å². The van der Waals surface area contributed by atoms with Gasteiger partial charge in [0.2, 0.25) is 5.91 Å². The molecule has 2 fully saturated rings. The number of carbonyl (C=O) groups excluding carboxylic acids is 1. The molecule has 2 aliphatic heterocycles. The van der Waals surface area contributed by atoms with Crippen molar-refractivity contribution in [3.05, 3.63) is 48.0 Å². The van der Waals surface area contributed by atoms with Crippen molar-refractivity contribution in [2.24, 2.45) is 5.92 Å². The maximum atomic E-state index is 12.7. The maximum absolute atomic E-state index is 12.7. The summed E-state index contributed by atoms with van der Waals surface area (Å²) in [6.45, 7) is 2.51. The van der Waals surface area contributed by atoms with Gasteiger partial charge in [0.1, 0.15) is 0 Å². The van der Waals surface area contributed by atoms with Gasteiger partial charge in [-0.05, 0) is 35.6 Å². The van der Waals surface area contributed by atoms with E-state index in [4.69, 9.17) is 4.74 Å². The van der Waals surface area contributed by atoms with E-state index in [0.29, 0.717) is 19.8 Å². The summed E-state index contributed by atoms with van der Waals surface area (Å²) in [5, 5.41) is 13.1. The van der Waals surface area contributed by atoms with Crippen molar-refractivity contribution >= 4 is 16.7 Å². The molecule has 0 aromatic heterocycles. The Hall–Kier alpha value is -1.91. The van der Waals surface area contributed by atoms with Gasteiger partial charge in [0.25, 0.3) is 0 Å². The molecule has 4 rings (SSSR count). The third-order valence-corrected chi connectivity index (χ3v) is 5.67. The molecule has 0 spiro atoms. The monoisotopic (exact) mass is 339 g/mol. The van der Waals surface area contributed by atoms with Gasteiger partial charge in [0.15, 0.2) is 0 Å². The van der Waals surface area contributed by atoms with Gasteiger partial charge < -0.3 is 14.7 Å². The van der Waals surface area contributed by atoms with Crippen LogP contribution < -0.4 is 0 Å². The number of aliphatic hydroxyl groups is 1. The van der Waals surface area contributed by atoms with Crippen LogP contribution in [0.25, 0.3) is 10.8 Å². The molecule has 2 aromatic carbocycles. The Labute approximate surface area is 148 Å².